The Balaban J connectivity index is 0.00000220. The first-order valence-electron chi connectivity index (χ1n) is 7.11. The van der Waals surface area contributed by atoms with Crippen molar-refractivity contribution in [1.82, 2.24) is 5.32 Å². The molecule has 2 unspecified atom stereocenters. The fourth-order valence-corrected chi connectivity index (χ4v) is 2.28. The van der Waals surface area contributed by atoms with Crippen molar-refractivity contribution in [2.45, 2.75) is 24.9 Å². The molecule has 0 radical (unpaired) electrons. The maximum atomic E-state index is 9.44. The molecule has 4 N–H and O–H groups in total. The normalized spacial score (nSPS) is 19.9. The first kappa shape index (κ1) is 18.2. The van der Waals surface area contributed by atoms with E-state index in [1.54, 1.807) is 0 Å². The molecule has 0 aromatic heterocycles. The zero-order valence-corrected chi connectivity index (χ0v) is 14.4. The Morgan fingerprint density at radius 3 is 2.81 bits per heavy atom. The first-order chi connectivity index (χ1) is 9.79. The molecule has 1 saturated heterocycles. The van der Waals surface area contributed by atoms with E-state index in [0.717, 1.165) is 25.0 Å². The van der Waals surface area contributed by atoms with E-state index >= 15 is 0 Å². The van der Waals surface area contributed by atoms with Crippen molar-refractivity contribution in [3.8, 4) is 0 Å². The molecule has 1 fully saturated rings. The number of aliphatic hydroxyl groups excluding tert-OH is 1. The minimum absolute atomic E-state index is 0. The second kappa shape index (κ2) is 9.97. The van der Waals surface area contributed by atoms with Crippen LogP contribution in [0.4, 0.5) is 0 Å². The van der Waals surface area contributed by atoms with Crippen LogP contribution in [0.1, 0.15) is 24.3 Å². The van der Waals surface area contributed by atoms with Gasteiger partial charge >= 0.3 is 0 Å². The molecule has 118 valence electrons. The quantitative estimate of drug-likeness (QED) is 0.381. The molecule has 2 rings (SSSR count). The SMILES string of the molecule is I.NC(=NCC(CO)c1ccccc1)NCC1CCCO1. The van der Waals surface area contributed by atoms with Gasteiger partial charge in [-0.15, -0.1) is 24.0 Å². The van der Waals surface area contributed by atoms with Gasteiger partial charge in [0.25, 0.3) is 0 Å². The number of aliphatic imine (C=N–C) groups is 1. The molecule has 0 saturated carbocycles. The van der Waals surface area contributed by atoms with Gasteiger partial charge in [-0.25, -0.2) is 0 Å². The number of hydrogen-bond acceptors (Lipinski definition) is 3. The number of nitrogens with two attached hydrogens (primary N) is 1. The molecule has 0 amide bonds. The van der Waals surface area contributed by atoms with Gasteiger partial charge in [-0.3, -0.25) is 4.99 Å². The van der Waals surface area contributed by atoms with Gasteiger partial charge in [0.15, 0.2) is 5.96 Å². The summed E-state index contributed by atoms with van der Waals surface area (Å²) in [5.41, 5.74) is 6.91. The lowest BCUT2D eigenvalue weighted by Crippen LogP contribution is -2.37. The minimum Gasteiger partial charge on any atom is -0.396 e. The third-order valence-corrected chi connectivity index (χ3v) is 3.51. The Bertz CT molecular complexity index is 422. The lowest BCUT2D eigenvalue weighted by atomic mass is 10.0. The highest BCUT2D eigenvalue weighted by molar-refractivity contribution is 14.0. The van der Waals surface area contributed by atoms with Gasteiger partial charge in [0.05, 0.1) is 19.3 Å². The average Bonchev–Trinajstić information content (AvgIpc) is 3.00. The lowest BCUT2D eigenvalue weighted by molar-refractivity contribution is 0.114. The molecule has 1 aromatic carbocycles. The molecule has 5 nitrogen and oxygen atoms in total. The molecule has 1 heterocycles. The van der Waals surface area contributed by atoms with Gasteiger partial charge < -0.3 is 20.9 Å². The second-order valence-electron chi connectivity index (χ2n) is 5.03. The number of hydrogen-bond donors (Lipinski definition) is 3. The summed E-state index contributed by atoms with van der Waals surface area (Å²) in [5, 5.41) is 12.5. The second-order valence-corrected chi connectivity index (χ2v) is 5.03. The number of ether oxygens (including phenoxy) is 1. The van der Waals surface area contributed by atoms with E-state index in [0.29, 0.717) is 19.0 Å². The Labute approximate surface area is 143 Å². The standard InChI is InChI=1S/C15H23N3O2.HI/c16-15(18-10-14-7-4-8-20-14)17-9-13(11-19)12-5-2-1-3-6-12;/h1-3,5-6,13-14,19H,4,7-11H2,(H3,16,17,18);1H. The van der Waals surface area contributed by atoms with Crippen LogP contribution in [-0.4, -0.2) is 43.5 Å². The van der Waals surface area contributed by atoms with E-state index in [2.05, 4.69) is 10.3 Å². The van der Waals surface area contributed by atoms with Crippen LogP contribution in [-0.2, 0) is 4.74 Å². The van der Waals surface area contributed by atoms with Crippen LogP contribution >= 0.6 is 24.0 Å². The topological polar surface area (TPSA) is 79.9 Å². The molecule has 0 spiro atoms. The van der Waals surface area contributed by atoms with Gasteiger partial charge in [-0.05, 0) is 18.4 Å². The summed E-state index contributed by atoms with van der Waals surface area (Å²) < 4.78 is 5.51. The summed E-state index contributed by atoms with van der Waals surface area (Å²) in [6.45, 7) is 2.08. The average molecular weight is 405 g/mol. The molecule has 0 aliphatic carbocycles. The van der Waals surface area contributed by atoms with Crippen molar-refractivity contribution in [3.05, 3.63) is 35.9 Å². The molecule has 1 aliphatic heterocycles. The zero-order valence-electron chi connectivity index (χ0n) is 12.1. The molecular formula is C15H24IN3O2. The molecule has 6 heteroatoms. The molecule has 2 atom stereocenters. The van der Waals surface area contributed by atoms with Crippen molar-refractivity contribution < 1.29 is 9.84 Å². The maximum absolute atomic E-state index is 9.44. The number of rotatable bonds is 6. The van der Waals surface area contributed by atoms with E-state index in [1.807, 2.05) is 30.3 Å². The summed E-state index contributed by atoms with van der Waals surface area (Å²) in [6.07, 6.45) is 2.43. The molecule has 1 aliphatic rings. The van der Waals surface area contributed by atoms with Crippen molar-refractivity contribution in [3.63, 3.8) is 0 Å². The number of benzene rings is 1. The number of halogens is 1. The number of nitrogens with one attached hydrogen (secondary N) is 1. The van der Waals surface area contributed by atoms with Crippen LogP contribution in [0.3, 0.4) is 0 Å². The highest BCUT2D eigenvalue weighted by Crippen LogP contribution is 2.15. The Hall–Kier alpha value is -0.860. The van der Waals surface area contributed by atoms with E-state index in [9.17, 15) is 5.11 Å². The Kier molecular flexibility index (Phi) is 8.63. The van der Waals surface area contributed by atoms with Gasteiger partial charge in [0.2, 0.25) is 0 Å². The summed E-state index contributed by atoms with van der Waals surface area (Å²) >= 11 is 0. The predicted molar refractivity (Wildman–Crippen MR) is 95.1 cm³/mol. The third kappa shape index (κ3) is 6.19. The van der Waals surface area contributed by atoms with Crippen LogP contribution < -0.4 is 11.1 Å². The summed E-state index contributed by atoms with van der Waals surface area (Å²) in [5.74, 6) is 0.397. The summed E-state index contributed by atoms with van der Waals surface area (Å²) in [4.78, 5) is 4.30. The van der Waals surface area contributed by atoms with Crippen LogP contribution in [0.25, 0.3) is 0 Å². The summed E-state index contributed by atoms with van der Waals surface area (Å²) in [7, 11) is 0. The first-order valence-corrected chi connectivity index (χ1v) is 7.11. The largest absolute Gasteiger partial charge is 0.396 e. The third-order valence-electron chi connectivity index (χ3n) is 3.51. The zero-order chi connectivity index (χ0) is 14.2. The molecular weight excluding hydrogens is 381 g/mol. The van der Waals surface area contributed by atoms with Crippen LogP contribution in [0.2, 0.25) is 0 Å². The smallest absolute Gasteiger partial charge is 0.188 e. The predicted octanol–water partition coefficient (Wildman–Crippen LogP) is 1.46. The Morgan fingerprint density at radius 1 is 1.43 bits per heavy atom. The highest BCUT2D eigenvalue weighted by atomic mass is 127. The fraction of sp³-hybridized carbons (Fsp3) is 0.533. The Morgan fingerprint density at radius 2 is 2.19 bits per heavy atom. The molecule has 21 heavy (non-hydrogen) atoms. The molecule has 1 aromatic rings. The van der Waals surface area contributed by atoms with E-state index in [-0.39, 0.29) is 42.6 Å². The van der Waals surface area contributed by atoms with Crippen LogP contribution in [0, 0.1) is 0 Å². The number of aliphatic hydroxyl groups is 1. The van der Waals surface area contributed by atoms with E-state index < -0.39 is 0 Å². The van der Waals surface area contributed by atoms with Crippen molar-refractivity contribution in [2.75, 3.05) is 26.3 Å². The van der Waals surface area contributed by atoms with Crippen LogP contribution in [0.15, 0.2) is 35.3 Å². The van der Waals surface area contributed by atoms with Crippen LogP contribution in [0.5, 0.6) is 0 Å². The van der Waals surface area contributed by atoms with Crippen molar-refractivity contribution in [2.24, 2.45) is 10.7 Å². The van der Waals surface area contributed by atoms with E-state index in [1.165, 1.54) is 0 Å². The molecule has 0 bridgehead atoms. The number of nitrogens with zero attached hydrogens (tertiary/aromatic N) is 1. The minimum atomic E-state index is -0.0146. The summed E-state index contributed by atoms with van der Waals surface area (Å²) in [6, 6.07) is 9.86. The van der Waals surface area contributed by atoms with Crippen molar-refractivity contribution in [1.29, 1.82) is 0 Å². The van der Waals surface area contributed by atoms with Gasteiger partial charge in [-0.1, -0.05) is 30.3 Å². The van der Waals surface area contributed by atoms with E-state index in [4.69, 9.17) is 10.5 Å². The highest BCUT2D eigenvalue weighted by Gasteiger charge is 2.15. The number of guanidine groups is 1. The van der Waals surface area contributed by atoms with Gasteiger partial charge in [0.1, 0.15) is 0 Å². The van der Waals surface area contributed by atoms with Gasteiger partial charge in [-0.2, -0.15) is 0 Å². The monoisotopic (exact) mass is 405 g/mol. The van der Waals surface area contributed by atoms with Crippen molar-refractivity contribution >= 4 is 29.9 Å². The lowest BCUT2D eigenvalue weighted by Gasteiger charge is -2.14. The maximum Gasteiger partial charge on any atom is 0.188 e. The fourth-order valence-electron chi connectivity index (χ4n) is 2.28. The van der Waals surface area contributed by atoms with Gasteiger partial charge in [0, 0.05) is 19.1 Å².